The van der Waals surface area contributed by atoms with Crippen molar-refractivity contribution >= 4 is 5.65 Å². The Morgan fingerprint density at radius 1 is 1.20 bits per heavy atom. The molecule has 102 valence electrons. The fourth-order valence-corrected chi connectivity index (χ4v) is 1.70. The molecule has 0 amide bonds. The fourth-order valence-electron chi connectivity index (χ4n) is 1.70. The molecule has 3 rings (SSSR count). The molecule has 0 aliphatic carbocycles. The molecule has 0 unspecified atom stereocenters. The van der Waals surface area contributed by atoms with Gasteiger partial charge in [-0.1, -0.05) is 6.07 Å². The van der Waals surface area contributed by atoms with Crippen LogP contribution in [-0.2, 0) is 6.61 Å². The van der Waals surface area contributed by atoms with Crippen molar-refractivity contribution in [3.8, 4) is 17.4 Å². The van der Waals surface area contributed by atoms with Crippen LogP contribution in [0.1, 0.15) is 5.56 Å². The maximum atomic E-state index is 9.10. The first-order chi connectivity index (χ1) is 9.80. The number of benzene rings is 1. The van der Waals surface area contributed by atoms with Crippen molar-refractivity contribution in [3.63, 3.8) is 0 Å². The molecule has 8 nitrogen and oxygen atoms in total. The minimum absolute atomic E-state index is 0.0640. The van der Waals surface area contributed by atoms with Crippen LogP contribution in [0, 0.1) is 0 Å². The van der Waals surface area contributed by atoms with E-state index in [0.29, 0.717) is 23.0 Å². The smallest absolute Gasteiger partial charge is 0.239 e. The fraction of sp³-hybridized carbons (Fsp3) is 0.167. The molecule has 20 heavy (non-hydrogen) atoms. The van der Waals surface area contributed by atoms with Gasteiger partial charge in [0.05, 0.1) is 13.7 Å². The molecular weight excluding hydrogens is 262 g/mol. The van der Waals surface area contributed by atoms with Crippen molar-refractivity contribution < 1.29 is 14.6 Å². The van der Waals surface area contributed by atoms with Crippen LogP contribution in [0.2, 0.25) is 0 Å². The van der Waals surface area contributed by atoms with Gasteiger partial charge in [0.15, 0.2) is 17.1 Å². The zero-order chi connectivity index (χ0) is 13.9. The van der Waals surface area contributed by atoms with Crippen LogP contribution >= 0.6 is 0 Å². The molecular formula is C12H11N5O3. The summed E-state index contributed by atoms with van der Waals surface area (Å²) in [6.07, 6.45) is 0. The van der Waals surface area contributed by atoms with E-state index in [-0.39, 0.29) is 6.61 Å². The second-order valence-electron chi connectivity index (χ2n) is 3.94. The molecule has 0 aliphatic rings. The third kappa shape index (κ3) is 2.24. The molecule has 0 saturated heterocycles. The predicted octanol–water partition coefficient (Wildman–Crippen LogP) is 0.812. The molecule has 0 atom stereocenters. The quantitative estimate of drug-likeness (QED) is 0.751. The van der Waals surface area contributed by atoms with E-state index in [1.807, 2.05) is 0 Å². The number of ether oxygens (including phenoxy) is 2. The summed E-state index contributed by atoms with van der Waals surface area (Å²) in [6, 6.07) is 8.50. The van der Waals surface area contributed by atoms with E-state index >= 15 is 0 Å². The standard InChI is InChI=1S/C12H11N5O3/c1-19-10-6-8(7-18)2-3-9(10)20-12-5-4-11-13-15-16-17(11)14-12/h2-6,18H,7H2,1H3. The highest BCUT2D eigenvalue weighted by Gasteiger charge is 2.09. The highest BCUT2D eigenvalue weighted by atomic mass is 16.5. The van der Waals surface area contributed by atoms with Crippen molar-refractivity contribution in [2.75, 3.05) is 7.11 Å². The van der Waals surface area contributed by atoms with Crippen molar-refractivity contribution in [2.45, 2.75) is 6.61 Å². The SMILES string of the molecule is COc1cc(CO)ccc1Oc1ccc2nnnn2n1. The van der Waals surface area contributed by atoms with Crippen LogP contribution in [0.15, 0.2) is 30.3 Å². The summed E-state index contributed by atoms with van der Waals surface area (Å²) < 4.78 is 12.1. The Kier molecular flexibility index (Phi) is 3.13. The predicted molar refractivity (Wildman–Crippen MR) is 67.6 cm³/mol. The Morgan fingerprint density at radius 3 is 2.90 bits per heavy atom. The van der Waals surface area contributed by atoms with Gasteiger partial charge >= 0.3 is 0 Å². The molecule has 1 aromatic carbocycles. The molecule has 2 heterocycles. The van der Waals surface area contributed by atoms with E-state index in [2.05, 4.69) is 20.6 Å². The van der Waals surface area contributed by atoms with Gasteiger partial charge in [0.2, 0.25) is 5.88 Å². The zero-order valence-electron chi connectivity index (χ0n) is 10.6. The Labute approximate surface area is 113 Å². The van der Waals surface area contributed by atoms with Crippen LogP contribution in [0.4, 0.5) is 0 Å². The number of tetrazole rings is 1. The molecule has 0 saturated carbocycles. The number of aromatic nitrogens is 5. The second kappa shape index (κ2) is 5.10. The van der Waals surface area contributed by atoms with E-state index in [4.69, 9.17) is 14.6 Å². The normalized spacial score (nSPS) is 10.7. The summed E-state index contributed by atoms with van der Waals surface area (Å²) in [5.41, 5.74) is 1.26. The van der Waals surface area contributed by atoms with Gasteiger partial charge in [-0.05, 0) is 34.2 Å². The molecule has 8 heteroatoms. The molecule has 2 aromatic heterocycles. The van der Waals surface area contributed by atoms with Gasteiger partial charge in [0, 0.05) is 6.07 Å². The number of aliphatic hydroxyl groups is 1. The second-order valence-corrected chi connectivity index (χ2v) is 3.94. The number of methoxy groups -OCH3 is 1. The third-order valence-electron chi connectivity index (χ3n) is 2.67. The molecule has 0 bridgehead atoms. The number of aliphatic hydroxyl groups excluding tert-OH is 1. The van der Waals surface area contributed by atoms with E-state index in [1.165, 1.54) is 11.7 Å². The summed E-state index contributed by atoms with van der Waals surface area (Å²) >= 11 is 0. The summed E-state index contributed by atoms with van der Waals surface area (Å²) in [5, 5.41) is 24.1. The maximum absolute atomic E-state index is 9.10. The van der Waals surface area contributed by atoms with E-state index in [1.54, 1.807) is 30.3 Å². The first-order valence-electron chi connectivity index (χ1n) is 5.81. The molecule has 0 radical (unpaired) electrons. The number of hydrogen-bond donors (Lipinski definition) is 1. The van der Waals surface area contributed by atoms with Crippen LogP contribution < -0.4 is 9.47 Å². The third-order valence-corrected chi connectivity index (χ3v) is 2.67. The summed E-state index contributed by atoms with van der Waals surface area (Å²) in [6.45, 7) is -0.0640. The minimum atomic E-state index is -0.0640. The van der Waals surface area contributed by atoms with E-state index in [9.17, 15) is 0 Å². The Balaban J connectivity index is 1.93. The number of hydrogen-bond acceptors (Lipinski definition) is 7. The monoisotopic (exact) mass is 273 g/mol. The van der Waals surface area contributed by atoms with Crippen LogP contribution in [0.5, 0.6) is 17.4 Å². The lowest BCUT2D eigenvalue weighted by Gasteiger charge is -2.10. The molecule has 1 N–H and O–H groups in total. The van der Waals surface area contributed by atoms with E-state index in [0.717, 1.165) is 5.56 Å². The van der Waals surface area contributed by atoms with Crippen molar-refractivity contribution in [3.05, 3.63) is 35.9 Å². The lowest BCUT2D eigenvalue weighted by atomic mass is 10.2. The highest BCUT2D eigenvalue weighted by Crippen LogP contribution is 2.31. The van der Waals surface area contributed by atoms with Crippen molar-refractivity contribution in [1.82, 2.24) is 25.3 Å². The first kappa shape index (κ1) is 12.3. The molecule has 0 aliphatic heterocycles. The van der Waals surface area contributed by atoms with Gasteiger partial charge in [-0.3, -0.25) is 0 Å². The number of rotatable bonds is 4. The lowest BCUT2D eigenvalue weighted by molar-refractivity contribution is 0.280. The average Bonchev–Trinajstić information content (AvgIpc) is 2.95. The number of fused-ring (bicyclic) bond motifs is 1. The van der Waals surface area contributed by atoms with Crippen molar-refractivity contribution in [2.24, 2.45) is 0 Å². The minimum Gasteiger partial charge on any atom is -0.493 e. The summed E-state index contributed by atoms with van der Waals surface area (Å²) in [4.78, 5) is 0. The molecule has 3 aromatic rings. The average molecular weight is 273 g/mol. The topological polar surface area (TPSA) is 94.7 Å². The summed E-state index contributed by atoms with van der Waals surface area (Å²) in [7, 11) is 1.53. The maximum Gasteiger partial charge on any atom is 0.239 e. The Bertz CT molecular complexity index is 743. The Hall–Kier alpha value is -2.74. The highest BCUT2D eigenvalue weighted by molar-refractivity contribution is 5.45. The number of nitrogens with zero attached hydrogens (tertiary/aromatic N) is 5. The van der Waals surface area contributed by atoms with Gasteiger partial charge in [-0.2, -0.15) is 0 Å². The lowest BCUT2D eigenvalue weighted by Crippen LogP contribution is -1.98. The van der Waals surface area contributed by atoms with Gasteiger partial charge < -0.3 is 14.6 Å². The largest absolute Gasteiger partial charge is 0.493 e. The first-order valence-corrected chi connectivity index (χ1v) is 5.81. The molecule has 0 fully saturated rings. The van der Waals surface area contributed by atoms with Gasteiger partial charge in [-0.15, -0.1) is 14.8 Å². The summed E-state index contributed by atoms with van der Waals surface area (Å²) in [5.74, 6) is 1.33. The van der Waals surface area contributed by atoms with Gasteiger partial charge in [-0.25, -0.2) is 0 Å². The van der Waals surface area contributed by atoms with E-state index < -0.39 is 0 Å². The van der Waals surface area contributed by atoms with Gasteiger partial charge in [0.25, 0.3) is 0 Å². The van der Waals surface area contributed by atoms with Crippen molar-refractivity contribution in [1.29, 1.82) is 0 Å². The van der Waals surface area contributed by atoms with Crippen LogP contribution in [-0.4, -0.2) is 37.5 Å². The van der Waals surface area contributed by atoms with Crippen LogP contribution in [0.3, 0.4) is 0 Å². The zero-order valence-corrected chi connectivity index (χ0v) is 10.6. The molecule has 0 spiro atoms. The Morgan fingerprint density at radius 2 is 2.10 bits per heavy atom. The van der Waals surface area contributed by atoms with Crippen LogP contribution in [0.25, 0.3) is 5.65 Å². The van der Waals surface area contributed by atoms with Gasteiger partial charge in [0.1, 0.15) is 0 Å².